The summed E-state index contributed by atoms with van der Waals surface area (Å²) < 4.78 is 4.69. The molecule has 1 aliphatic heterocycles. The summed E-state index contributed by atoms with van der Waals surface area (Å²) in [5.41, 5.74) is 0.759. The van der Waals surface area contributed by atoms with Crippen molar-refractivity contribution in [3.05, 3.63) is 52.9 Å². The van der Waals surface area contributed by atoms with E-state index in [1.807, 2.05) is 0 Å². The molecule has 0 saturated carbocycles. The SMILES string of the molecule is O=C1NCCN(C(=O)c2ccon2)[C@H]1c1ccccc1Cl. The number of carbonyl (C=O) groups excluding carboxylic acids is 2. The molecule has 0 unspecified atom stereocenters. The second-order valence-corrected chi connectivity index (χ2v) is 5.01. The molecule has 2 aromatic rings. The van der Waals surface area contributed by atoms with Crippen molar-refractivity contribution < 1.29 is 14.1 Å². The molecule has 0 aliphatic carbocycles. The molecule has 1 aromatic heterocycles. The normalized spacial score (nSPS) is 18.4. The zero-order chi connectivity index (χ0) is 14.8. The molecular weight excluding hydrogens is 294 g/mol. The average molecular weight is 306 g/mol. The smallest absolute Gasteiger partial charge is 0.277 e. The molecule has 108 valence electrons. The van der Waals surface area contributed by atoms with Crippen molar-refractivity contribution in [2.45, 2.75) is 6.04 Å². The van der Waals surface area contributed by atoms with E-state index in [1.54, 1.807) is 24.3 Å². The number of benzene rings is 1. The van der Waals surface area contributed by atoms with Gasteiger partial charge in [-0.15, -0.1) is 0 Å². The first-order valence-electron chi connectivity index (χ1n) is 6.42. The molecule has 6 nitrogen and oxygen atoms in total. The van der Waals surface area contributed by atoms with Crippen LogP contribution in [0.15, 0.2) is 41.1 Å². The van der Waals surface area contributed by atoms with Gasteiger partial charge in [0.15, 0.2) is 5.69 Å². The molecule has 1 fully saturated rings. The number of hydrogen-bond acceptors (Lipinski definition) is 4. The Morgan fingerprint density at radius 3 is 2.90 bits per heavy atom. The summed E-state index contributed by atoms with van der Waals surface area (Å²) in [6, 6.07) is 7.69. The molecule has 21 heavy (non-hydrogen) atoms. The number of carbonyl (C=O) groups is 2. The number of nitrogens with one attached hydrogen (secondary N) is 1. The lowest BCUT2D eigenvalue weighted by Crippen LogP contribution is -2.52. The van der Waals surface area contributed by atoms with Crippen LogP contribution in [0.3, 0.4) is 0 Å². The lowest BCUT2D eigenvalue weighted by Gasteiger charge is -2.35. The van der Waals surface area contributed by atoms with Gasteiger partial charge in [-0.05, 0) is 6.07 Å². The summed E-state index contributed by atoms with van der Waals surface area (Å²) >= 11 is 6.17. The molecule has 1 saturated heterocycles. The molecule has 2 heterocycles. The van der Waals surface area contributed by atoms with Crippen molar-refractivity contribution in [1.29, 1.82) is 0 Å². The molecule has 7 heteroatoms. The number of rotatable bonds is 2. The summed E-state index contributed by atoms with van der Waals surface area (Å²) in [4.78, 5) is 26.2. The molecule has 1 N–H and O–H groups in total. The number of hydrogen-bond donors (Lipinski definition) is 1. The summed E-state index contributed by atoms with van der Waals surface area (Å²) in [5.74, 6) is -0.616. The first-order chi connectivity index (χ1) is 10.2. The zero-order valence-corrected chi connectivity index (χ0v) is 11.7. The number of halogens is 1. The molecule has 1 aliphatic rings. The maximum atomic E-state index is 12.5. The van der Waals surface area contributed by atoms with Gasteiger partial charge in [-0.2, -0.15) is 0 Å². The second-order valence-electron chi connectivity index (χ2n) is 4.60. The van der Waals surface area contributed by atoms with E-state index in [0.717, 1.165) is 0 Å². The third-order valence-electron chi connectivity index (χ3n) is 3.33. The topological polar surface area (TPSA) is 75.4 Å². The monoisotopic (exact) mass is 305 g/mol. The fourth-order valence-corrected chi connectivity index (χ4v) is 2.60. The number of nitrogens with zero attached hydrogens (tertiary/aromatic N) is 2. The van der Waals surface area contributed by atoms with Gasteiger partial charge in [0.2, 0.25) is 5.91 Å². The lowest BCUT2D eigenvalue weighted by molar-refractivity contribution is -0.128. The Morgan fingerprint density at radius 2 is 2.19 bits per heavy atom. The van der Waals surface area contributed by atoms with Crippen LogP contribution in [0.1, 0.15) is 22.1 Å². The predicted octanol–water partition coefficient (Wildman–Crippen LogP) is 1.64. The maximum Gasteiger partial charge on any atom is 0.277 e. The Morgan fingerprint density at radius 1 is 1.38 bits per heavy atom. The molecule has 1 aromatic carbocycles. The third-order valence-corrected chi connectivity index (χ3v) is 3.67. The van der Waals surface area contributed by atoms with Gasteiger partial charge in [-0.25, -0.2) is 0 Å². The van der Waals surface area contributed by atoms with Crippen LogP contribution in [0.4, 0.5) is 0 Å². The third kappa shape index (κ3) is 2.50. The Labute approximate surface area is 125 Å². The number of piperazine rings is 1. The van der Waals surface area contributed by atoms with E-state index in [4.69, 9.17) is 16.1 Å². The van der Waals surface area contributed by atoms with Crippen LogP contribution >= 0.6 is 11.6 Å². The largest absolute Gasteiger partial charge is 0.364 e. The Balaban J connectivity index is 1.99. The predicted molar refractivity (Wildman–Crippen MR) is 74.7 cm³/mol. The van der Waals surface area contributed by atoms with Crippen molar-refractivity contribution in [2.24, 2.45) is 0 Å². The van der Waals surface area contributed by atoms with Gasteiger partial charge in [0.05, 0.1) is 0 Å². The van der Waals surface area contributed by atoms with Gasteiger partial charge < -0.3 is 14.7 Å². The standard InChI is InChI=1S/C14H12ClN3O3/c15-10-4-2-1-3-9(10)12-13(19)16-6-7-18(12)14(20)11-5-8-21-17-11/h1-5,8,12H,6-7H2,(H,16,19)/t12-/m0/s1. The van der Waals surface area contributed by atoms with Crippen molar-refractivity contribution >= 4 is 23.4 Å². The quantitative estimate of drug-likeness (QED) is 0.915. The van der Waals surface area contributed by atoms with Crippen molar-refractivity contribution in [2.75, 3.05) is 13.1 Å². The van der Waals surface area contributed by atoms with Crippen LogP contribution in [-0.2, 0) is 4.79 Å². The highest BCUT2D eigenvalue weighted by Gasteiger charge is 2.36. The highest BCUT2D eigenvalue weighted by Crippen LogP contribution is 2.30. The minimum absolute atomic E-state index is 0.168. The average Bonchev–Trinajstić information content (AvgIpc) is 3.01. The zero-order valence-electron chi connectivity index (χ0n) is 11.0. The van der Waals surface area contributed by atoms with Crippen LogP contribution in [0.5, 0.6) is 0 Å². The first kappa shape index (κ1) is 13.6. The van der Waals surface area contributed by atoms with E-state index in [-0.39, 0.29) is 17.5 Å². The van der Waals surface area contributed by atoms with Crippen LogP contribution in [0, 0.1) is 0 Å². The van der Waals surface area contributed by atoms with E-state index >= 15 is 0 Å². The summed E-state index contributed by atoms with van der Waals surface area (Å²) in [7, 11) is 0. The van der Waals surface area contributed by atoms with Crippen LogP contribution in [0.2, 0.25) is 5.02 Å². The highest BCUT2D eigenvalue weighted by atomic mass is 35.5. The van der Waals surface area contributed by atoms with Crippen molar-refractivity contribution in [1.82, 2.24) is 15.4 Å². The molecule has 0 bridgehead atoms. The molecule has 3 rings (SSSR count). The summed E-state index contributed by atoms with van der Waals surface area (Å²) in [6.07, 6.45) is 1.32. The van der Waals surface area contributed by atoms with Gasteiger partial charge in [-0.1, -0.05) is 35.0 Å². The maximum absolute atomic E-state index is 12.5. The van der Waals surface area contributed by atoms with Crippen molar-refractivity contribution in [3.8, 4) is 0 Å². The molecule has 2 amide bonds. The molecule has 0 spiro atoms. The van der Waals surface area contributed by atoms with Gasteiger partial charge in [-0.3, -0.25) is 9.59 Å². The minimum atomic E-state index is -0.767. The van der Waals surface area contributed by atoms with E-state index in [0.29, 0.717) is 23.7 Å². The molecular formula is C14H12ClN3O3. The fraction of sp³-hybridized carbons (Fsp3) is 0.214. The highest BCUT2D eigenvalue weighted by molar-refractivity contribution is 6.31. The van der Waals surface area contributed by atoms with Crippen molar-refractivity contribution in [3.63, 3.8) is 0 Å². The van der Waals surface area contributed by atoms with E-state index in [9.17, 15) is 9.59 Å². The lowest BCUT2D eigenvalue weighted by atomic mass is 10.0. The fourth-order valence-electron chi connectivity index (χ4n) is 2.36. The molecule has 0 radical (unpaired) electrons. The van der Waals surface area contributed by atoms with E-state index in [2.05, 4.69) is 10.5 Å². The van der Waals surface area contributed by atoms with Gasteiger partial charge in [0.1, 0.15) is 12.3 Å². The van der Waals surface area contributed by atoms with Crippen LogP contribution < -0.4 is 5.32 Å². The van der Waals surface area contributed by atoms with Gasteiger partial charge >= 0.3 is 0 Å². The number of aromatic nitrogens is 1. The van der Waals surface area contributed by atoms with Crippen LogP contribution in [-0.4, -0.2) is 35.0 Å². The Hall–Kier alpha value is -2.34. The van der Waals surface area contributed by atoms with E-state index < -0.39 is 6.04 Å². The Kier molecular flexibility index (Phi) is 3.62. The Bertz CT molecular complexity index is 672. The number of amides is 2. The van der Waals surface area contributed by atoms with Gasteiger partial charge in [0, 0.05) is 29.7 Å². The second kappa shape index (κ2) is 5.57. The molecule has 1 atom stereocenters. The first-order valence-corrected chi connectivity index (χ1v) is 6.80. The van der Waals surface area contributed by atoms with Gasteiger partial charge in [0.25, 0.3) is 5.91 Å². The summed E-state index contributed by atoms with van der Waals surface area (Å²) in [6.45, 7) is 0.775. The summed E-state index contributed by atoms with van der Waals surface area (Å²) in [5, 5.41) is 6.83. The van der Waals surface area contributed by atoms with E-state index in [1.165, 1.54) is 17.2 Å². The van der Waals surface area contributed by atoms with Crippen LogP contribution in [0.25, 0.3) is 0 Å². The minimum Gasteiger partial charge on any atom is -0.364 e.